The summed E-state index contributed by atoms with van der Waals surface area (Å²) >= 11 is 6.23. The smallest absolute Gasteiger partial charge is 0.291 e. The molecule has 1 amide bonds. The lowest BCUT2D eigenvalue weighted by Crippen LogP contribution is -2.38. The van der Waals surface area contributed by atoms with E-state index in [4.69, 9.17) is 17.3 Å². The van der Waals surface area contributed by atoms with E-state index >= 15 is 0 Å². The number of aromatic nitrogens is 3. The van der Waals surface area contributed by atoms with Crippen molar-refractivity contribution in [1.29, 1.82) is 0 Å². The van der Waals surface area contributed by atoms with Crippen molar-refractivity contribution in [3.63, 3.8) is 0 Å². The summed E-state index contributed by atoms with van der Waals surface area (Å²) in [5, 5.41) is 7.63. The monoisotopic (exact) mass is 321 g/mol. The fourth-order valence-electron chi connectivity index (χ4n) is 1.94. The lowest BCUT2D eigenvalue weighted by Gasteiger charge is -2.09. The number of benzene rings is 1. The largest absolute Gasteiger partial charge is 0.346 e. The molecule has 0 spiro atoms. The highest BCUT2D eigenvalue weighted by Crippen LogP contribution is 2.23. The van der Waals surface area contributed by atoms with Crippen molar-refractivity contribution in [2.24, 2.45) is 5.73 Å². The number of carbonyl (C=O) groups is 1. The van der Waals surface area contributed by atoms with Crippen LogP contribution in [-0.2, 0) is 0 Å². The second-order valence-corrected chi connectivity index (χ2v) is 5.83. The number of nitrogens with zero attached hydrogens (tertiary/aromatic N) is 3. The Bertz CT molecular complexity index is 668. The predicted octanol–water partition coefficient (Wildman–Crippen LogP) is 2.12. The summed E-state index contributed by atoms with van der Waals surface area (Å²) in [6.45, 7) is 6.16. The van der Waals surface area contributed by atoms with Gasteiger partial charge in [0.1, 0.15) is 5.82 Å². The van der Waals surface area contributed by atoms with Gasteiger partial charge >= 0.3 is 0 Å². The van der Waals surface area contributed by atoms with Crippen LogP contribution in [-0.4, -0.2) is 33.3 Å². The van der Waals surface area contributed by atoms with E-state index in [1.165, 1.54) is 0 Å². The molecule has 0 unspecified atom stereocenters. The highest BCUT2D eigenvalue weighted by Gasteiger charge is 2.21. The Morgan fingerprint density at radius 3 is 2.64 bits per heavy atom. The van der Waals surface area contributed by atoms with Crippen LogP contribution in [0.5, 0.6) is 0 Å². The molecule has 1 aromatic heterocycles. The zero-order chi connectivity index (χ0) is 16.3. The molecule has 2 aromatic rings. The average molecular weight is 322 g/mol. The molecule has 22 heavy (non-hydrogen) atoms. The van der Waals surface area contributed by atoms with Crippen LogP contribution in [0.1, 0.15) is 43.1 Å². The van der Waals surface area contributed by atoms with Crippen LogP contribution in [0.3, 0.4) is 0 Å². The first kappa shape index (κ1) is 16.5. The highest BCUT2D eigenvalue weighted by molar-refractivity contribution is 6.32. The third-order valence-electron chi connectivity index (χ3n) is 3.16. The molecule has 1 heterocycles. The van der Waals surface area contributed by atoms with E-state index in [9.17, 15) is 4.79 Å². The molecule has 0 saturated heterocycles. The number of hydrogen-bond donors (Lipinski definition) is 2. The second kappa shape index (κ2) is 6.89. The van der Waals surface area contributed by atoms with E-state index in [0.29, 0.717) is 23.1 Å². The molecule has 0 aliphatic carbocycles. The molecular formula is C15H20ClN5O. The molecule has 0 saturated carbocycles. The van der Waals surface area contributed by atoms with Gasteiger partial charge in [-0.3, -0.25) is 4.79 Å². The number of carbonyl (C=O) groups excluding carboxylic acids is 1. The number of para-hydroxylation sites is 1. The second-order valence-electron chi connectivity index (χ2n) is 5.42. The van der Waals surface area contributed by atoms with E-state index in [0.717, 1.165) is 0 Å². The van der Waals surface area contributed by atoms with Gasteiger partial charge in [0.15, 0.2) is 0 Å². The van der Waals surface area contributed by atoms with Gasteiger partial charge in [-0.25, -0.2) is 9.67 Å². The average Bonchev–Trinajstić information content (AvgIpc) is 2.92. The summed E-state index contributed by atoms with van der Waals surface area (Å²) in [6.07, 6.45) is 0. The van der Waals surface area contributed by atoms with Crippen LogP contribution in [0.25, 0.3) is 5.69 Å². The lowest BCUT2D eigenvalue weighted by atomic mass is 10.2. The number of halogens is 1. The Balaban J connectivity index is 2.43. The lowest BCUT2D eigenvalue weighted by molar-refractivity contribution is 0.0931. The van der Waals surface area contributed by atoms with Gasteiger partial charge in [0.25, 0.3) is 5.91 Å². The van der Waals surface area contributed by atoms with E-state index in [2.05, 4.69) is 15.4 Å². The van der Waals surface area contributed by atoms with Gasteiger partial charge in [-0.05, 0) is 19.1 Å². The van der Waals surface area contributed by atoms with Gasteiger partial charge < -0.3 is 11.1 Å². The topological polar surface area (TPSA) is 85.8 Å². The molecule has 1 aromatic carbocycles. The van der Waals surface area contributed by atoms with Crippen molar-refractivity contribution in [3.05, 3.63) is 40.9 Å². The molecule has 0 aliphatic heterocycles. The van der Waals surface area contributed by atoms with Crippen LogP contribution in [0.4, 0.5) is 0 Å². The fourth-order valence-corrected chi connectivity index (χ4v) is 2.16. The van der Waals surface area contributed by atoms with Crippen LogP contribution in [0, 0.1) is 0 Å². The molecule has 1 atom stereocenters. The van der Waals surface area contributed by atoms with Crippen molar-refractivity contribution in [2.45, 2.75) is 32.7 Å². The summed E-state index contributed by atoms with van der Waals surface area (Å²) in [7, 11) is 0. The third-order valence-corrected chi connectivity index (χ3v) is 3.48. The quantitative estimate of drug-likeness (QED) is 0.883. The Labute approximate surface area is 134 Å². The normalized spacial score (nSPS) is 12.5. The van der Waals surface area contributed by atoms with Gasteiger partial charge in [0.05, 0.1) is 10.7 Å². The zero-order valence-electron chi connectivity index (χ0n) is 12.9. The van der Waals surface area contributed by atoms with Gasteiger partial charge in [-0.2, -0.15) is 0 Å². The molecule has 7 heteroatoms. The van der Waals surface area contributed by atoms with Crippen molar-refractivity contribution in [3.8, 4) is 5.69 Å². The third kappa shape index (κ3) is 3.45. The first-order chi connectivity index (χ1) is 10.4. The molecule has 0 bridgehead atoms. The van der Waals surface area contributed by atoms with Gasteiger partial charge in [-0.1, -0.05) is 37.6 Å². The van der Waals surface area contributed by atoms with Gasteiger partial charge in [0.2, 0.25) is 5.82 Å². The van der Waals surface area contributed by atoms with Crippen LogP contribution in [0.15, 0.2) is 24.3 Å². The van der Waals surface area contributed by atoms with Crippen molar-refractivity contribution >= 4 is 17.5 Å². The van der Waals surface area contributed by atoms with Crippen molar-refractivity contribution < 1.29 is 4.79 Å². The fraction of sp³-hybridized carbons (Fsp3) is 0.400. The molecule has 3 N–H and O–H groups in total. The molecule has 2 rings (SSSR count). The van der Waals surface area contributed by atoms with Crippen LogP contribution < -0.4 is 11.1 Å². The predicted molar refractivity (Wildman–Crippen MR) is 86.4 cm³/mol. The Kier molecular flexibility index (Phi) is 5.15. The first-order valence-corrected chi connectivity index (χ1v) is 7.54. The number of amides is 1. The SMILES string of the molecule is CC(C)c1nc(C(=O)N[C@@H](C)CN)nn1-c1ccccc1Cl. The summed E-state index contributed by atoms with van der Waals surface area (Å²) < 4.78 is 1.62. The van der Waals surface area contributed by atoms with Crippen molar-refractivity contribution in [1.82, 2.24) is 20.1 Å². The molecule has 0 aliphatic rings. The molecule has 0 fully saturated rings. The number of rotatable bonds is 5. The van der Waals surface area contributed by atoms with Crippen molar-refractivity contribution in [2.75, 3.05) is 6.54 Å². The van der Waals surface area contributed by atoms with E-state index in [-0.39, 0.29) is 23.7 Å². The van der Waals surface area contributed by atoms with E-state index in [1.54, 1.807) is 10.7 Å². The minimum atomic E-state index is -0.342. The maximum atomic E-state index is 12.2. The standard InChI is InChI=1S/C15H20ClN5O/c1-9(2)14-19-13(15(22)18-10(3)8-17)20-21(14)12-7-5-4-6-11(12)16/h4-7,9-10H,8,17H2,1-3H3,(H,18,22)/t10-/m0/s1. The summed E-state index contributed by atoms with van der Waals surface area (Å²) in [5.74, 6) is 0.547. The highest BCUT2D eigenvalue weighted by atomic mass is 35.5. The minimum Gasteiger partial charge on any atom is -0.346 e. The molecular weight excluding hydrogens is 302 g/mol. The Morgan fingerprint density at radius 1 is 1.36 bits per heavy atom. The van der Waals surface area contributed by atoms with Crippen LogP contribution in [0.2, 0.25) is 5.02 Å². The van der Waals surface area contributed by atoms with E-state index in [1.807, 2.05) is 39.0 Å². The van der Waals surface area contributed by atoms with Gasteiger partial charge in [-0.15, -0.1) is 5.10 Å². The summed E-state index contributed by atoms with van der Waals surface area (Å²) in [6, 6.07) is 7.19. The summed E-state index contributed by atoms with van der Waals surface area (Å²) in [4.78, 5) is 16.5. The number of hydrogen-bond acceptors (Lipinski definition) is 4. The number of nitrogens with two attached hydrogens (primary N) is 1. The maximum absolute atomic E-state index is 12.2. The Morgan fingerprint density at radius 2 is 2.05 bits per heavy atom. The summed E-state index contributed by atoms with van der Waals surface area (Å²) in [5.41, 5.74) is 6.21. The maximum Gasteiger partial charge on any atom is 0.291 e. The van der Waals surface area contributed by atoms with E-state index < -0.39 is 0 Å². The zero-order valence-corrected chi connectivity index (χ0v) is 13.6. The first-order valence-electron chi connectivity index (χ1n) is 7.16. The van der Waals surface area contributed by atoms with Crippen LogP contribution >= 0.6 is 11.6 Å². The van der Waals surface area contributed by atoms with Gasteiger partial charge in [0, 0.05) is 18.5 Å². The Hall–Kier alpha value is -1.92. The molecule has 0 radical (unpaired) electrons. The number of nitrogens with one attached hydrogen (secondary N) is 1. The molecule has 6 nitrogen and oxygen atoms in total. The minimum absolute atomic E-state index is 0.0947. The molecule has 118 valence electrons.